The third-order valence-corrected chi connectivity index (χ3v) is 6.00. The maximum absolute atomic E-state index is 13.9. The van der Waals surface area contributed by atoms with Gasteiger partial charge in [-0.25, -0.2) is 4.39 Å². The summed E-state index contributed by atoms with van der Waals surface area (Å²) in [7, 11) is 0. The molecule has 2 nitrogen and oxygen atoms in total. The number of halogens is 2. The lowest BCUT2D eigenvalue weighted by atomic mass is 9.85. The molecule has 0 spiro atoms. The first-order chi connectivity index (χ1) is 13.1. The second kappa shape index (κ2) is 9.68. The minimum absolute atomic E-state index is 0.166. The van der Waals surface area contributed by atoms with Gasteiger partial charge < -0.3 is 10.2 Å². The molecule has 1 aliphatic rings. The topological polar surface area (TPSA) is 15.3 Å². The number of rotatable bonds is 7. The zero-order valence-corrected chi connectivity index (χ0v) is 17.1. The Morgan fingerprint density at radius 1 is 1.11 bits per heavy atom. The van der Waals surface area contributed by atoms with Gasteiger partial charge in [-0.1, -0.05) is 42.8 Å². The first kappa shape index (κ1) is 20.3. The smallest absolute Gasteiger partial charge is 0.123 e. The van der Waals surface area contributed by atoms with Crippen LogP contribution in [0.1, 0.15) is 50.2 Å². The summed E-state index contributed by atoms with van der Waals surface area (Å²) in [5, 5.41) is 4.30. The molecule has 3 rings (SSSR count). The van der Waals surface area contributed by atoms with Crippen molar-refractivity contribution in [2.75, 3.05) is 19.6 Å². The van der Waals surface area contributed by atoms with Gasteiger partial charge in [0, 0.05) is 23.0 Å². The summed E-state index contributed by atoms with van der Waals surface area (Å²) in [5.41, 5.74) is 2.23. The molecule has 2 unspecified atom stereocenters. The van der Waals surface area contributed by atoms with Gasteiger partial charge in [0.05, 0.1) is 0 Å². The van der Waals surface area contributed by atoms with Crippen LogP contribution in [-0.4, -0.2) is 36.6 Å². The van der Waals surface area contributed by atoms with E-state index in [0.717, 1.165) is 36.6 Å². The van der Waals surface area contributed by atoms with E-state index >= 15 is 0 Å². The molecule has 0 aliphatic carbocycles. The first-order valence-electron chi connectivity index (χ1n) is 10.0. The quantitative estimate of drug-likeness (QED) is 0.677. The zero-order valence-electron chi connectivity index (χ0n) is 16.3. The fourth-order valence-corrected chi connectivity index (χ4v) is 4.33. The third-order valence-electron chi connectivity index (χ3n) is 5.75. The summed E-state index contributed by atoms with van der Waals surface area (Å²) >= 11 is 6.08. The van der Waals surface area contributed by atoms with E-state index in [1.54, 1.807) is 12.1 Å². The Balaban J connectivity index is 1.74. The van der Waals surface area contributed by atoms with Gasteiger partial charge in [0.15, 0.2) is 0 Å². The lowest BCUT2D eigenvalue weighted by Crippen LogP contribution is -2.46. The summed E-state index contributed by atoms with van der Waals surface area (Å²) in [6, 6.07) is 16.1. The Morgan fingerprint density at radius 3 is 2.44 bits per heavy atom. The Hall–Kier alpha value is -1.42. The van der Waals surface area contributed by atoms with Crippen LogP contribution in [0.5, 0.6) is 0 Å². The van der Waals surface area contributed by atoms with Crippen molar-refractivity contribution in [3.8, 4) is 0 Å². The highest BCUT2D eigenvalue weighted by Crippen LogP contribution is 2.32. The largest absolute Gasteiger partial charge is 0.314 e. The molecule has 0 bridgehead atoms. The number of hydrogen-bond acceptors (Lipinski definition) is 2. The molecule has 1 fully saturated rings. The van der Waals surface area contributed by atoms with Crippen LogP contribution in [-0.2, 0) is 0 Å². The molecule has 1 saturated heterocycles. The molecule has 2 aromatic rings. The number of piperidine rings is 1. The Morgan fingerprint density at radius 2 is 1.81 bits per heavy atom. The van der Waals surface area contributed by atoms with Crippen molar-refractivity contribution in [1.29, 1.82) is 0 Å². The Kier molecular flexibility index (Phi) is 7.28. The predicted molar refractivity (Wildman–Crippen MR) is 112 cm³/mol. The zero-order chi connectivity index (χ0) is 19.2. The summed E-state index contributed by atoms with van der Waals surface area (Å²) in [6.07, 6.45) is 3.37. The van der Waals surface area contributed by atoms with Crippen molar-refractivity contribution in [3.63, 3.8) is 0 Å². The van der Waals surface area contributed by atoms with E-state index in [1.165, 1.54) is 24.5 Å². The van der Waals surface area contributed by atoms with Crippen molar-refractivity contribution in [2.45, 2.75) is 51.1 Å². The Labute approximate surface area is 167 Å². The van der Waals surface area contributed by atoms with E-state index in [0.29, 0.717) is 12.1 Å². The molecule has 1 heterocycles. The number of nitrogens with one attached hydrogen (secondary N) is 1. The number of hydrogen-bond donors (Lipinski definition) is 1. The standard InChI is InChI=1S/C23H30ClFN2/c1-3-26-22-11-13-27(14-12-22)17(2)15-23(18-7-9-20(24)10-8-18)19-5-4-6-21(25)16-19/h4-10,16-17,22-23,26H,3,11-15H2,1-2H3. The lowest BCUT2D eigenvalue weighted by molar-refractivity contribution is 0.144. The maximum Gasteiger partial charge on any atom is 0.123 e. The van der Waals surface area contributed by atoms with Crippen LogP contribution in [0.4, 0.5) is 4.39 Å². The molecule has 0 radical (unpaired) electrons. The summed E-state index contributed by atoms with van der Waals surface area (Å²) in [6.45, 7) is 7.75. The molecule has 4 heteroatoms. The van der Waals surface area contributed by atoms with Crippen molar-refractivity contribution in [1.82, 2.24) is 10.2 Å². The highest BCUT2D eigenvalue weighted by Gasteiger charge is 2.25. The van der Waals surface area contributed by atoms with Crippen LogP contribution in [0.2, 0.25) is 5.02 Å². The van der Waals surface area contributed by atoms with Crippen molar-refractivity contribution < 1.29 is 4.39 Å². The van der Waals surface area contributed by atoms with Gasteiger partial charge in [-0.3, -0.25) is 0 Å². The van der Waals surface area contributed by atoms with Crippen LogP contribution >= 0.6 is 11.6 Å². The van der Waals surface area contributed by atoms with Gasteiger partial charge in [-0.15, -0.1) is 0 Å². The van der Waals surface area contributed by atoms with Gasteiger partial charge in [-0.2, -0.15) is 0 Å². The number of nitrogens with zero attached hydrogens (tertiary/aromatic N) is 1. The molecular weight excluding hydrogens is 359 g/mol. The first-order valence-corrected chi connectivity index (χ1v) is 10.4. The summed E-state index contributed by atoms with van der Waals surface area (Å²) in [5.74, 6) is -0.00923. The molecule has 2 atom stereocenters. The highest BCUT2D eigenvalue weighted by molar-refractivity contribution is 6.30. The van der Waals surface area contributed by atoms with Gasteiger partial charge in [0.25, 0.3) is 0 Å². The fourth-order valence-electron chi connectivity index (χ4n) is 4.21. The van der Waals surface area contributed by atoms with Gasteiger partial charge >= 0.3 is 0 Å². The van der Waals surface area contributed by atoms with E-state index in [2.05, 4.69) is 36.2 Å². The molecule has 146 valence electrons. The fraction of sp³-hybridized carbons (Fsp3) is 0.478. The molecule has 0 amide bonds. The lowest BCUT2D eigenvalue weighted by Gasteiger charge is -2.37. The van der Waals surface area contributed by atoms with Crippen LogP contribution in [0.25, 0.3) is 0 Å². The molecule has 1 N–H and O–H groups in total. The molecule has 2 aromatic carbocycles. The number of benzene rings is 2. The van der Waals surface area contributed by atoms with Crippen LogP contribution < -0.4 is 5.32 Å². The summed E-state index contributed by atoms with van der Waals surface area (Å²) in [4.78, 5) is 2.58. The maximum atomic E-state index is 13.9. The van der Waals surface area contributed by atoms with E-state index in [1.807, 2.05) is 18.2 Å². The predicted octanol–water partition coefficient (Wildman–Crippen LogP) is 5.46. The van der Waals surface area contributed by atoms with E-state index in [4.69, 9.17) is 11.6 Å². The molecule has 27 heavy (non-hydrogen) atoms. The van der Waals surface area contributed by atoms with E-state index < -0.39 is 0 Å². The average Bonchev–Trinajstić information content (AvgIpc) is 2.67. The normalized spacial score (nSPS) is 18.4. The minimum Gasteiger partial charge on any atom is -0.314 e. The van der Waals surface area contributed by atoms with Gasteiger partial charge in [0.1, 0.15) is 5.82 Å². The van der Waals surface area contributed by atoms with E-state index in [9.17, 15) is 4.39 Å². The van der Waals surface area contributed by atoms with Crippen molar-refractivity contribution in [3.05, 3.63) is 70.5 Å². The molecule has 0 saturated carbocycles. The van der Waals surface area contributed by atoms with Crippen molar-refractivity contribution in [2.24, 2.45) is 0 Å². The molecular formula is C23H30ClFN2. The third kappa shape index (κ3) is 5.54. The van der Waals surface area contributed by atoms with Crippen LogP contribution in [0.15, 0.2) is 48.5 Å². The van der Waals surface area contributed by atoms with Crippen LogP contribution in [0, 0.1) is 5.82 Å². The highest BCUT2D eigenvalue weighted by atomic mass is 35.5. The van der Waals surface area contributed by atoms with Gasteiger partial charge in [0.2, 0.25) is 0 Å². The monoisotopic (exact) mass is 388 g/mol. The summed E-state index contributed by atoms with van der Waals surface area (Å²) < 4.78 is 13.9. The Bertz CT molecular complexity index is 711. The SMILES string of the molecule is CCNC1CCN(C(C)CC(c2ccc(Cl)cc2)c2cccc(F)c2)CC1. The van der Waals surface area contributed by atoms with Crippen LogP contribution in [0.3, 0.4) is 0 Å². The molecule has 1 aliphatic heterocycles. The minimum atomic E-state index is -0.175. The molecule has 0 aromatic heterocycles. The number of likely N-dealkylation sites (tertiary alicyclic amines) is 1. The van der Waals surface area contributed by atoms with E-state index in [-0.39, 0.29) is 11.7 Å². The average molecular weight is 389 g/mol. The van der Waals surface area contributed by atoms with Crippen molar-refractivity contribution >= 4 is 11.6 Å². The second-order valence-electron chi connectivity index (χ2n) is 7.61. The van der Waals surface area contributed by atoms with Gasteiger partial charge in [-0.05, 0) is 81.2 Å². The second-order valence-corrected chi connectivity index (χ2v) is 8.05.